The van der Waals surface area contributed by atoms with E-state index in [4.69, 9.17) is 0 Å². The Kier molecular flexibility index (Phi) is 3.61. The molecule has 0 bridgehead atoms. The minimum atomic E-state index is 0.645. The molecule has 5 heteroatoms. The molecule has 0 aromatic carbocycles. The average Bonchev–Trinajstić information content (AvgIpc) is 2.31. The molecule has 2 aromatic rings. The maximum absolute atomic E-state index is 4.48. The van der Waals surface area contributed by atoms with Crippen LogP contribution in [0.4, 0.5) is 5.82 Å². The van der Waals surface area contributed by atoms with Gasteiger partial charge in [-0.1, -0.05) is 0 Å². The van der Waals surface area contributed by atoms with E-state index in [9.17, 15) is 0 Å². The number of nitrogens with zero attached hydrogens (tertiary/aromatic N) is 3. The summed E-state index contributed by atoms with van der Waals surface area (Å²) in [6.45, 7) is 5.96. The molecule has 0 amide bonds. The number of anilines is 1. The van der Waals surface area contributed by atoms with Crippen molar-refractivity contribution in [2.75, 3.05) is 12.4 Å². The third-order valence-corrected chi connectivity index (χ3v) is 3.53. The Morgan fingerprint density at radius 1 is 1.06 bits per heavy atom. The van der Waals surface area contributed by atoms with Crippen LogP contribution in [0.25, 0.3) is 11.5 Å². The second kappa shape index (κ2) is 5.02. The third kappa shape index (κ3) is 2.51. The predicted molar refractivity (Wildman–Crippen MR) is 76.7 cm³/mol. The lowest BCUT2D eigenvalue weighted by Crippen LogP contribution is -2.02. The van der Waals surface area contributed by atoms with Crippen LogP contribution in [0.3, 0.4) is 0 Å². The van der Waals surface area contributed by atoms with Crippen LogP contribution in [-0.2, 0) is 0 Å². The Labute approximate surface area is 115 Å². The predicted octanol–water partition coefficient (Wildman–Crippen LogP) is 3.27. The minimum absolute atomic E-state index is 0.645. The number of rotatable bonds is 2. The molecule has 2 heterocycles. The van der Waals surface area contributed by atoms with Gasteiger partial charge in [-0.25, -0.2) is 15.0 Å². The van der Waals surface area contributed by atoms with Gasteiger partial charge in [-0.3, -0.25) is 0 Å². The zero-order valence-corrected chi connectivity index (χ0v) is 12.5. The molecule has 18 heavy (non-hydrogen) atoms. The van der Waals surface area contributed by atoms with E-state index in [1.165, 1.54) is 0 Å². The first kappa shape index (κ1) is 13.0. The Hall–Kier alpha value is -1.49. The number of hydrogen-bond acceptors (Lipinski definition) is 4. The lowest BCUT2D eigenvalue weighted by molar-refractivity contribution is 1.06. The quantitative estimate of drug-likeness (QED) is 0.925. The molecule has 4 nitrogen and oxygen atoms in total. The van der Waals surface area contributed by atoms with Crippen LogP contribution in [0.2, 0.25) is 0 Å². The number of aryl methyl sites for hydroxylation is 3. The van der Waals surface area contributed by atoms with Crippen molar-refractivity contribution in [3.05, 3.63) is 33.6 Å². The summed E-state index contributed by atoms with van der Waals surface area (Å²) in [5.74, 6) is 1.42. The molecule has 0 fully saturated rings. The minimum Gasteiger partial charge on any atom is -0.372 e. The Bertz CT molecular complexity index is 576. The summed E-state index contributed by atoms with van der Waals surface area (Å²) in [4.78, 5) is 13.4. The van der Waals surface area contributed by atoms with E-state index in [-0.39, 0.29) is 0 Å². The molecule has 1 N–H and O–H groups in total. The largest absolute Gasteiger partial charge is 0.372 e. The smallest absolute Gasteiger partial charge is 0.180 e. The third-order valence-electron chi connectivity index (χ3n) is 2.58. The monoisotopic (exact) mass is 306 g/mol. The maximum Gasteiger partial charge on any atom is 0.180 e. The van der Waals surface area contributed by atoms with Gasteiger partial charge in [-0.15, -0.1) is 0 Å². The van der Waals surface area contributed by atoms with Crippen LogP contribution in [0.5, 0.6) is 0 Å². The number of halogens is 1. The Balaban J connectivity index is 2.60. The summed E-state index contributed by atoms with van der Waals surface area (Å²) in [6, 6.07) is 4.03. The lowest BCUT2D eigenvalue weighted by Gasteiger charge is -2.09. The molecular formula is C13H15BrN4. The van der Waals surface area contributed by atoms with Crippen molar-refractivity contribution in [2.45, 2.75) is 20.8 Å². The van der Waals surface area contributed by atoms with Gasteiger partial charge in [-0.05, 0) is 54.4 Å². The summed E-state index contributed by atoms with van der Waals surface area (Å²) in [6.07, 6.45) is 0. The van der Waals surface area contributed by atoms with Crippen LogP contribution < -0.4 is 5.32 Å². The highest BCUT2D eigenvalue weighted by molar-refractivity contribution is 9.10. The van der Waals surface area contributed by atoms with Crippen molar-refractivity contribution in [1.29, 1.82) is 0 Å². The van der Waals surface area contributed by atoms with E-state index < -0.39 is 0 Å². The van der Waals surface area contributed by atoms with E-state index in [1.54, 1.807) is 0 Å². The molecule has 94 valence electrons. The summed E-state index contributed by atoms with van der Waals surface area (Å²) >= 11 is 3.47. The number of aromatic nitrogens is 3. The van der Waals surface area contributed by atoms with Gasteiger partial charge in [0, 0.05) is 12.7 Å². The highest BCUT2D eigenvalue weighted by atomic mass is 79.9. The molecule has 0 saturated heterocycles. The summed E-state index contributed by atoms with van der Waals surface area (Å²) in [5, 5.41) is 3.05. The molecular weight excluding hydrogens is 292 g/mol. The Morgan fingerprint density at radius 2 is 1.78 bits per heavy atom. The first-order valence-electron chi connectivity index (χ1n) is 5.69. The molecule has 0 saturated carbocycles. The molecule has 0 atom stereocenters. The van der Waals surface area contributed by atoms with Crippen molar-refractivity contribution in [2.24, 2.45) is 0 Å². The molecule has 0 aliphatic heterocycles. The van der Waals surface area contributed by atoms with Gasteiger partial charge in [0.2, 0.25) is 0 Å². The number of hydrogen-bond donors (Lipinski definition) is 1. The highest BCUT2D eigenvalue weighted by Gasteiger charge is 2.11. The van der Waals surface area contributed by atoms with Crippen LogP contribution in [0.15, 0.2) is 16.6 Å². The fourth-order valence-corrected chi connectivity index (χ4v) is 2.17. The van der Waals surface area contributed by atoms with Gasteiger partial charge in [0.05, 0.1) is 10.2 Å². The highest BCUT2D eigenvalue weighted by Crippen LogP contribution is 2.26. The molecule has 0 aliphatic rings. The molecule has 2 rings (SSSR count). The van der Waals surface area contributed by atoms with Crippen molar-refractivity contribution >= 4 is 21.7 Å². The lowest BCUT2D eigenvalue weighted by atomic mass is 10.2. The van der Waals surface area contributed by atoms with Gasteiger partial charge in [0.1, 0.15) is 11.5 Å². The molecule has 0 aliphatic carbocycles. The van der Waals surface area contributed by atoms with Gasteiger partial charge >= 0.3 is 0 Å². The van der Waals surface area contributed by atoms with E-state index in [0.29, 0.717) is 5.82 Å². The van der Waals surface area contributed by atoms with Gasteiger partial charge < -0.3 is 5.32 Å². The zero-order valence-electron chi connectivity index (χ0n) is 10.9. The molecule has 0 spiro atoms. The summed E-state index contributed by atoms with van der Waals surface area (Å²) < 4.78 is 0.887. The van der Waals surface area contributed by atoms with Crippen molar-refractivity contribution in [3.8, 4) is 11.5 Å². The SMILES string of the molecule is CNc1nc(-c2cc(C)cc(C)n2)nc(C)c1Br. The zero-order chi connectivity index (χ0) is 13.3. The molecule has 0 unspecified atom stereocenters. The van der Waals surface area contributed by atoms with E-state index >= 15 is 0 Å². The van der Waals surface area contributed by atoms with Gasteiger partial charge in [-0.2, -0.15) is 0 Å². The first-order valence-corrected chi connectivity index (χ1v) is 6.48. The first-order chi connectivity index (χ1) is 8.51. The molecule has 2 aromatic heterocycles. The fourth-order valence-electron chi connectivity index (χ4n) is 1.80. The molecule has 0 radical (unpaired) electrons. The van der Waals surface area contributed by atoms with Gasteiger partial charge in [0.25, 0.3) is 0 Å². The standard InChI is InChI=1S/C13H15BrN4/c1-7-5-8(2)16-10(6-7)12-17-9(3)11(14)13(15-4)18-12/h5-6H,1-4H3,(H,15,17,18). The van der Waals surface area contributed by atoms with Crippen molar-refractivity contribution in [1.82, 2.24) is 15.0 Å². The van der Waals surface area contributed by atoms with Gasteiger partial charge in [0.15, 0.2) is 5.82 Å². The van der Waals surface area contributed by atoms with Crippen LogP contribution in [0.1, 0.15) is 17.0 Å². The van der Waals surface area contributed by atoms with Crippen molar-refractivity contribution in [3.63, 3.8) is 0 Å². The summed E-state index contributed by atoms with van der Waals surface area (Å²) in [7, 11) is 1.84. The van der Waals surface area contributed by atoms with Crippen LogP contribution >= 0.6 is 15.9 Å². The van der Waals surface area contributed by atoms with Crippen molar-refractivity contribution < 1.29 is 0 Å². The summed E-state index contributed by atoms with van der Waals surface area (Å²) in [5.41, 5.74) is 3.83. The average molecular weight is 307 g/mol. The number of nitrogens with one attached hydrogen (secondary N) is 1. The fraction of sp³-hybridized carbons (Fsp3) is 0.308. The normalized spacial score (nSPS) is 10.5. The van der Waals surface area contributed by atoms with Crippen LogP contribution in [0, 0.1) is 20.8 Å². The Morgan fingerprint density at radius 3 is 2.39 bits per heavy atom. The van der Waals surface area contributed by atoms with E-state index in [2.05, 4.69) is 36.2 Å². The van der Waals surface area contributed by atoms with E-state index in [0.717, 1.165) is 32.9 Å². The second-order valence-electron chi connectivity index (χ2n) is 4.22. The number of pyridine rings is 1. The van der Waals surface area contributed by atoms with Crippen LogP contribution in [-0.4, -0.2) is 22.0 Å². The topological polar surface area (TPSA) is 50.7 Å². The maximum atomic E-state index is 4.48. The van der Waals surface area contributed by atoms with E-state index in [1.807, 2.05) is 40.0 Å². The second-order valence-corrected chi connectivity index (χ2v) is 5.01.